The fourth-order valence-electron chi connectivity index (χ4n) is 2.26. The first-order valence-electron chi connectivity index (χ1n) is 6.50. The molecule has 1 aliphatic rings. The normalized spacial score (nSPS) is 31.9. The zero-order valence-corrected chi connectivity index (χ0v) is 11.2. The van der Waals surface area contributed by atoms with Gasteiger partial charge in [0.2, 0.25) is 0 Å². The molecule has 2 rings (SSSR count). The van der Waals surface area contributed by atoms with Crippen molar-refractivity contribution < 1.29 is 29.9 Å². The van der Waals surface area contributed by atoms with Gasteiger partial charge < -0.3 is 29.9 Å². The molecule has 112 valence electrons. The van der Waals surface area contributed by atoms with Gasteiger partial charge in [-0.3, -0.25) is 0 Å². The third-order valence-corrected chi connectivity index (χ3v) is 3.56. The van der Waals surface area contributed by atoms with Crippen molar-refractivity contribution in [3.63, 3.8) is 0 Å². The number of hydrogen-bond acceptors (Lipinski definition) is 6. The Morgan fingerprint density at radius 2 is 1.85 bits per heavy atom. The van der Waals surface area contributed by atoms with Crippen LogP contribution in [0.4, 0.5) is 0 Å². The number of ether oxygens (including phenoxy) is 2. The maximum atomic E-state index is 10.1. The van der Waals surface area contributed by atoms with E-state index >= 15 is 0 Å². The van der Waals surface area contributed by atoms with Crippen LogP contribution in [0, 0.1) is 0 Å². The molecule has 1 aliphatic heterocycles. The van der Waals surface area contributed by atoms with E-state index in [1.54, 1.807) is 31.4 Å². The molecule has 1 fully saturated rings. The van der Waals surface area contributed by atoms with Gasteiger partial charge in [-0.15, -0.1) is 0 Å². The van der Waals surface area contributed by atoms with Gasteiger partial charge in [0.25, 0.3) is 0 Å². The van der Waals surface area contributed by atoms with Crippen LogP contribution in [0.25, 0.3) is 0 Å². The summed E-state index contributed by atoms with van der Waals surface area (Å²) in [6, 6.07) is 6.92. The number of aliphatic hydroxyl groups excluding tert-OH is 4. The van der Waals surface area contributed by atoms with Crippen LogP contribution in [0.5, 0.6) is 5.75 Å². The number of rotatable bonds is 4. The van der Waals surface area contributed by atoms with Gasteiger partial charge in [0, 0.05) is 6.42 Å². The van der Waals surface area contributed by atoms with E-state index in [0.717, 1.165) is 0 Å². The number of methoxy groups -OCH3 is 1. The Morgan fingerprint density at radius 3 is 2.45 bits per heavy atom. The monoisotopic (exact) mass is 284 g/mol. The summed E-state index contributed by atoms with van der Waals surface area (Å²) in [5.41, 5.74) is 0.669. The maximum Gasteiger partial charge on any atom is 0.118 e. The summed E-state index contributed by atoms with van der Waals surface area (Å²) in [5, 5.41) is 38.9. The van der Waals surface area contributed by atoms with E-state index < -0.39 is 30.5 Å². The van der Waals surface area contributed by atoms with Crippen molar-refractivity contribution in [1.82, 2.24) is 0 Å². The second kappa shape index (κ2) is 6.51. The standard InChI is InChI=1S/C14H20O6/c1-19-9-4-2-8(3-5-9)10(15)6-12-14(18)13(17)11(16)7-20-12/h2-5,10-18H,6-7H2,1H3/t10?,11-,12-,13-,14-/m1/s1. The lowest BCUT2D eigenvalue weighted by Gasteiger charge is -2.36. The van der Waals surface area contributed by atoms with E-state index in [-0.39, 0.29) is 13.0 Å². The predicted octanol–water partition coefficient (Wildman–Crippen LogP) is -0.400. The molecular weight excluding hydrogens is 264 g/mol. The molecule has 0 radical (unpaired) electrons. The summed E-state index contributed by atoms with van der Waals surface area (Å²) in [4.78, 5) is 0. The number of hydrogen-bond donors (Lipinski definition) is 4. The number of aliphatic hydroxyl groups is 4. The smallest absolute Gasteiger partial charge is 0.118 e. The summed E-state index contributed by atoms with van der Waals surface area (Å²) < 4.78 is 10.3. The Morgan fingerprint density at radius 1 is 1.20 bits per heavy atom. The van der Waals surface area contributed by atoms with E-state index in [1.807, 2.05) is 0 Å². The topological polar surface area (TPSA) is 99.4 Å². The molecule has 0 amide bonds. The fourth-order valence-corrected chi connectivity index (χ4v) is 2.26. The van der Waals surface area contributed by atoms with Crippen LogP contribution in [-0.4, -0.2) is 58.6 Å². The highest BCUT2D eigenvalue weighted by atomic mass is 16.5. The van der Waals surface area contributed by atoms with Crippen LogP contribution >= 0.6 is 0 Å². The van der Waals surface area contributed by atoms with Crippen molar-refractivity contribution in [3.8, 4) is 5.75 Å². The molecule has 20 heavy (non-hydrogen) atoms. The van der Waals surface area contributed by atoms with Gasteiger partial charge in [-0.05, 0) is 17.7 Å². The molecule has 6 nitrogen and oxygen atoms in total. The molecule has 0 saturated carbocycles. The van der Waals surface area contributed by atoms with Crippen molar-refractivity contribution in [2.24, 2.45) is 0 Å². The van der Waals surface area contributed by atoms with E-state index in [4.69, 9.17) is 9.47 Å². The van der Waals surface area contributed by atoms with Crippen LogP contribution in [0.1, 0.15) is 18.1 Å². The van der Waals surface area contributed by atoms with E-state index in [9.17, 15) is 20.4 Å². The molecule has 1 saturated heterocycles. The van der Waals surface area contributed by atoms with Crippen LogP contribution in [0.15, 0.2) is 24.3 Å². The molecule has 1 heterocycles. The van der Waals surface area contributed by atoms with Gasteiger partial charge in [-0.25, -0.2) is 0 Å². The quantitative estimate of drug-likeness (QED) is 0.600. The van der Waals surface area contributed by atoms with Crippen molar-refractivity contribution in [2.45, 2.75) is 36.9 Å². The molecule has 0 aliphatic carbocycles. The van der Waals surface area contributed by atoms with Gasteiger partial charge in [-0.1, -0.05) is 12.1 Å². The average molecular weight is 284 g/mol. The minimum Gasteiger partial charge on any atom is -0.497 e. The Balaban J connectivity index is 1.98. The molecule has 4 N–H and O–H groups in total. The summed E-state index contributed by atoms with van der Waals surface area (Å²) in [6.45, 7) is -0.0573. The van der Waals surface area contributed by atoms with Gasteiger partial charge >= 0.3 is 0 Å². The Kier molecular flexibility index (Phi) is 4.95. The van der Waals surface area contributed by atoms with Crippen molar-refractivity contribution in [3.05, 3.63) is 29.8 Å². The molecule has 1 aromatic carbocycles. The van der Waals surface area contributed by atoms with Crippen molar-refractivity contribution in [2.75, 3.05) is 13.7 Å². The molecule has 1 unspecified atom stereocenters. The maximum absolute atomic E-state index is 10.1. The highest BCUT2D eigenvalue weighted by molar-refractivity contribution is 5.28. The molecule has 0 aromatic heterocycles. The second-order valence-corrected chi connectivity index (χ2v) is 4.94. The lowest BCUT2D eigenvalue weighted by molar-refractivity contribution is -0.193. The van der Waals surface area contributed by atoms with Gasteiger partial charge in [0.05, 0.1) is 25.9 Å². The van der Waals surface area contributed by atoms with E-state index in [2.05, 4.69) is 0 Å². The highest BCUT2D eigenvalue weighted by Crippen LogP contribution is 2.26. The van der Waals surface area contributed by atoms with Crippen molar-refractivity contribution in [1.29, 1.82) is 0 Å². The molecule has 0 bridgehead atoms. The first-order chi connectivity index (χ1) is 9.52. The zero-order valence-electron chi connectivity index (χ0n) is 11.2. The lowest BCUT2D eigenvalue weighted by atomic mass is 9.94. The van der Waals surface area contributed by atoms with E-state index in [0.29, 0.717) is 11.3 Å². The Bertz CT molecular complexity index is 420. The second-order valence-electron chi connectivity index (χ2n) is 4.94. The van der Waals surface area contributed by atoms with Crippen LogP contribution in [-0.2, 0) is 4.74 Å². The largest absolute Gasteiger partial charge is 0.497 e. The predicted molar refractivity (Wildman–Crippen MR) is 70.3 cm³/mol. The van der Waals surface area contributed by atoms with Crippen LogP contribution in [0.3, 0.4) is 0 Å². The molecule has 6 heteroatoms. The van der Waals surface area contributed by atoms with Crippen LogP contribution in [0.2, 0.25) is 0 Å². The number of benzene rings is 1. The summed E-state index contributed by atoms with van der Waals surface area (Å²) >= 11 is 0. The average Bonchev–Trinajstić information content (AvgIpc) is 2.48. The lowest BCUT2D eigenvalue weighted by Crippen LogP contribution is -2.53. The molecular formula is C14H20O6. The summed E-state index contributed by atoms with van der Waals surface area (Å²) in [5.74, 6) is 0.688. The van der Waals surface area contributed by atoms with Crippen LogP contribution < -0.4 is 4.74 Å². The summed E-state index contributed by atoms with van der Waals surface area (Å²) in [7, 11) is 1.56. The Hall–Kier alpha value is -1.18. The molecule has 1 aromatic rings. The SMILES string of the molecule is COc1ccc(C(O)C[C@H]2OC[C@@H](O)[C@@H](O)[C@@H]2O)cc1. The van der Waals surface area contributed by atoms with E-state index in [1.165, 1.54) is 0 Å². The molecule has 0 spiro atoms. The minimum atomic E-state index is -1.25. The van der Waals surface area contributed by atoms with Gasteiger partial charge in [0.1, 0.15) is 24.1 Å². The third-order valence-electron chi connectivity index (χ3n) is 3.56. The fraction of sp³-hybridized carbons (Fsp3) is 0.571. The van der Waals surface area contributed by atoms with Gasteiger partial charge in [-0.2, -0.15) is 0 Å². The zero-order chi connectivity index (χ0) is 14.7. The summed E-state index contributed by atoms with van der Waals surface area (Å²) in [6.07, 6.45) is -4.98. The molecule has 5 atom stereocenters. The Labute approximate surface area is 117 Å². The first-order valence-corrected chi connectivity index (χ1v) is 6.50. The minimum absolute atomic E-state index is 0.0573. The first kappa shape index (κ1) is 15.2. The van der Waals surface area contributed by atoms with Gasteiger partial charge in [0.15, 0.2) is 0 Å². The highest BCUT2D eigenvalue weighted by Gasteiger charge is 2.38. The third kappa shape index (κ3) is 3.28. The van der Waals surface area contributed by atoms with Crippen molar-refractivity contribution >= 4 is 0 Å².